The first kappa shape index (κ1) is 17.5. The molecule has 5 heteroatoms. The first-order valence-electron chi connectivity index (χ1n) is 9.73. The second-order valence-corrected chi connectivity index (χ2v) is 8.72. The van der Waals surface area contributed by atoms with E-state index in [2.05, 4.69) is 29.2 Å². The fourth-order valence-electron chi connectivity index (χ4n) is 4.62. The molecule has 2 fully saturated rings. The molecule has 1 amide bonds. The lowest BCUT2D eigenvalue weighted by molar-refractivity contribution is -0.117. The second kappa shape index (κ2) is 6.80. The van der Waals surface area contributed by atoms with Gasteiger partial charge in [0, 0.05) is 53.7 Å². The highest BCUT2D eigenvalue weighted by Crippen LogP contribution is 2.44. The molecule has 1 atom stereocenters. The largest absolute Gasteiger partial charge is 0.312 e. The van der Waals surface area contributed by atoms with E-state index in [1.165, 1.54) is 29.5 Å². The average Bonchev–Trinajstić information content (AvgIpc) is 3.42. The monoisotopic (exact) mass is 400 g/mol. The van der Waals surface area contributed by atoms with E-state index in [9.17, 15) is 4.79 Å². The van der Waals surface area contributed by atoms with Crippen LogP contribution < -0.4 is 4.90 Å². The van der Waals surface area contributed by atoms with E-state index in [1.807, 2.05) is 17.0 Å². The SMILES string of the molecule is O=C1CCCN1c1ccccc1[C@@H]1CN(C2CC2)Cc2c(Cl)cc(Cl)cc21. The molecule has 140 valence electrons. The van der Waals surface area contributed by atoms with Gasteiger partial charge in [0.2, 0.25) is 5.91 Å². The molecule has 0 N–H and O–H groups in total. The second-order valence-electron chi connectivity index (χ2n) is 7.88. The van der Waals surface area contributed by atoms with Gasteiger partial charge in [-0.1, -0.05) is 41.4 Å². The van der Waals surface area contributed by atoms with Crippen molar-refractivity contribution in [1.29, 1.82) is 0 Å². The van der Waals surface area contributed by atoms with E-state index < -0.39 is 0 Å². The van der Waals surface area contributed by atoms with Crippen LogP contribution in [0.1, 0.15) is 48.3 Å². The lowest BCUT2D eigenvalue weighted by Crippen LogP contribution is -2.36. The molecule has 3 nitrogen and oxygen atoms in total. The van der Waals surface area contributed by atoms with Crippen LogP contribution in [0.4, 0.5) is 5.69 Å². The van der Waals surface area contributed by atoms with Crippen molar-refractivity contribution >= 4 is 34.8 Å². The minimum atomic E-state index is 0.176. The van der Waals surface area contributed by atoms with Gasteiger partial charge in [-0.3, -0.25) is 9.69 Å². The third-order valence-electron chi connectivity index (χ3n) is 6.09. The Labute approximate surface area is 169 Å². The van der Waals surface area contributed by atoms with Crippen molar-refractivity contribution in [3.8, 4) is 0 Å². The van der Waals surface area contributed by atoms with Gasteiger partial charge in [-0.15, -0.1) is 0 Å². The number of benzene rings is 2. The molecule has 5 rings (SSSR count). The van der Waals surface area contributed by atoms with Gasteiger partial charge in [0.15, 0.2) is 0 Å². The molecule has 2 heterocycles. The normalized spacial score (nSPS) is 23.0. The van der Waals surface area contributed by atoms with Crippen molar-refractivity contribution in [1.82, 2.24) is 4.90 Å². The Morgan fingerprint density at radius 1 is 1.04 bits per heavy atom. The number of nitrogens with zero attached hydrogens (tertiary/aromatic N) is 2. The lowest BCUT2D eigenvalue weighted by Gasteiger charge is -2.37. The minimum Gasteiger partial charge on any atom is -0.312 e. The quantitative estimate of drug-likeness (QED) is 0.703. The molecule has 2 aromatic carbocycles. The predicted molar refractivity (Wildman–Crippen MR) is 110 cm³/mol. The fraction of sp³-hybridized carbons (Fsp3) is 0.409. The smallest absolute Gasteiger partial charge is 0.227 e. The molecule has 1 saturated heterocycles. The molecular formula is C22H22Cl2N2O. The van der Waals surface area contributed by atoms with Gasteiger partial charge in [0.1, 0.15) is 0 Å². The predicted octanol–water partition coefficient (Wildman–Crippen LogP) is 5.23. The summed E-state index contributed by atoms with van der Waals surface area (Å²) in [5.41, 5.74) is 4.65. The topological polar surface area (TPSA) is 23.6 Å². The molecule has 0 spiro atoms. The number of fused-ring (bicyclic) bond motifs is 1. The Kier molecular flexibility index (Phi) is 4.42. The Morgan fingerprint density at radius 3 is 2.59 bits per heavy atom. The van der Waals surface area contributed by atoms with E-state index in [1.54, 1.807) is 0 Å². The maximum absolute atomic E-state index is 12.4. The summed E-state index contributed by atoms with van der Waals surface area (Å²) in [6, 6.07) is 12.9. The summed E-state index contributed by atoms with van der Waals surface area (Å²) < 4.78 is 0. The number of carbonyl (C=O) groups excluding carboxylic acids is 1. The number of halogens is 2. The molecule has 1 saturated carbocycles. The Morgan fingerprint density at radius 2 is 1.85 bits per heavy atom. The number of amides is 1. The highest BCUT2D eigenvalue weighted by Gasteiger charge is 2.38. The van der Waals surface area contributed by atoms with Crippen molar-refractivity contribution in [3.05, 3.63) is 63.1 Å². The van der Waals surface area contributed by atoms with Crippen LogP contribution in [-0.4, -0.2) is 29.9 Å². The van der Waals surface area contributed by atoms with Gasteiger partial charge in [0.25, 0.3) is 0 Å². The third kappa shape index (κ3) is 3.16. The van der Waals surface area contributed by atoms with Gasteiger partial charge in [-0.2, -0.15) is 0 Å². The zero-order chi connectivity index (χ0) is 18.5. The van der Waals surface area contributed by atoms with Crippen molar-refractivity contribution in [2.24, 2.45) is 0 Å². The molecule has 0 unspecified atom stereocenters. The summed E-state index contributed by atoms with van der Waals surface area (Å²) in [5.74, 6) is 0.400. The van der Waals surface area contributed by atoms with Crippen LogP contribution in [0.5, 0.6) is 0 Å². The first-order chi connectivity index (χ1) is 13.1. The first-order valence-corrected chi connectivity index (χ1v) is 10.5. The van der Waals surface area contributed by atoms with E-state index in [4.69, 9.17) is 23.2 Å². The van der Waals surface area contributed by atoms with Crippen LogP contribution >= 0.6 is 23.2 Å². The zero-order valence-electron chi connectivity index (χ0n) is 15.1. The third-order valence-corrected chi connectivity index (χ3v) is 6.64. The Hall–Kier alpha value is -1.55. The van der Waals surface area contributed by atoms with E-state index >= 15 is 0 Å². The Bertz CT molecular complexity index is 909. The number of rotatable bonds is 3. The van der Waals surface area contributed by atoms with Crippen molar-refractivity contribution < 1.29 is 4.79 Å². The molecule has 1 aliphatic carbocycles. The van der Waals surface area contributed by atoms with E-state index in [0.29, 0.717) is 17.5 Å². The van der Waals surface area contributed by atoms with Crippen LogP contribution in [-0.2, 0) is 11.3 Å². The molecular weight excluding hydrogens is 379 g/mol. The van der Waals surface area contributed by atoms with Gasteiger partial charge in [-0.05, 0) is 54.2 Å². The van der Waals surface area contributed by atoms with Crippen LogP contribution in [0.15, 0.2) is 36.4 Å². The summed E-state index contributed by atoms with van der Waals surface area (Å²) in [6.45, 7) is 2.64. The van der Waals surface area contributed by atoms with Crippen molar-refractivity contribution in [2.45, 2.75) is 44.2 Å². The van der Waals surface area contributed by atoms with Crippen molar-refractivity contribution in [3.63, 3.8) is 0 Å². The number of para-hydroxylation sites is 1. The van der Waals surface area contributed by atoms with Crippen LogP contribution in [0.25, 0.3) is 0 Å². The van der Waals surface area contributed by atoms with Gasteiger partial charge in [0.05, 0.1) is 0 Å². The molecule has 0 bridgehead atoms. The van der Waals surface area contributed by atoms with Crippen LogP contribution in [0.2, 0.25) is 10.0 Å². The van der Waals surface area contributed by atoms with E-state index in [0.717, 1.165) is 36.8 Å². The maximum Gasteiger partial charge on any atom is 0.227 e. The average molecular weight is 401 g/mol. The van der Waals surface area contributed by atoms with Crippen molar-refractivity contribution in [2.75, 3.05) is 18.0 Å². The fourth-order valence-corrected chi connectivity index (χ4v) is 5.19. The summed E-state index contributed by atoms with van der Waals surface area (Å²) in [6.07, 6.45) is 4.10. The number of anilines is 1. The van der Waals surface area contributed by atoms with Gasteiger partial charge in [-0.25, -0.2) is 0 Å². The number of hydrogen-bond acceptors (Lipinski definition) is 2. The maximum atomic E-state index is 12.4. The van der Waals surface area contributed by atoms with Gasteiger partial charge < -0.3 is 4.90 Å². The summed E-state index contributed by atoms with van der Waals surface area (Å²) in [5, 5.41) is 1.43. The van der Waals surface area contributed by atoms with Gasteiger partial charge >= 0.3 is 0 Å². The highest BCUT2D eigenvalue weighted by atomic mass is 35.5. The molecule has 3 aliphatic rings. The number of hydrogen-bond donors (Lipinski definition) is 0. The molecule has 2 aromatic rings. The van der Waals surface area contributed by atoms with Crippen LogP contribution in [0, 0.1) is 0 Å². The molecule has 2 aliphatic heterocycles. The number of carbonyl (C=O) groups is 1. The zero-order valence-corrected chi connectivity index (χ0v) is 16.6. The molecule has 0 aromatic heterocycles. The summed E-state index contributed by atoms with van der Waals surface area (Å²) >= 11 is 13.0. The lowest BCUT2D eigenvalue weighted by atomic mass is 9.83. The minimum absolute atomic E-state index is 0.176. The molecule has 0 radical (unpaired) electrons. The highest BCUT2D eigenvalue weighted by molar-refractivity contribution is 6.35. The summed E-state index contributed by atoms with van der Waals surface area (Å²) in [7, 11) is 0. The Balaban J connectivity index is 1.64. The standard InChI is InChI=1S/C22H22Cl2N2O/c23-14-10-17-18(12-25(15-7-8-15)13-19(17)20(24)11-14)16-4-1-2-5-21(16)26-9-3-6-22(26)27/h1-2,4-5,10-11,15,18H,3,6-9,12-13H2/t18-/m0/s1. The van der Waals surface area contributed by atoms with Crippen LogP contribution in [0.3, 0.4) is 0 Å². The summed E-state index contributed by atoms with van der Waals surface area (Å²) in [4.78, 5) is 16.9. The molecule has 27 heavy (non-hydrogen) atoms. The van der Waals surface area contributed by atoms with E-state index in [-0.39, 0.29) is 11.8 Å².